The van der Waals surface area contributed by atoms with Crippen LogP contribution >= 0.6 is 0 Å². The van der Waals surface area contributed by atoms with Gasteiger partial charge >= 0.3 is 0 Å². The van der Waals surface area contributed by atoms with Crippen molar-refractivity contribution in [3.63, 3.8) is 0 Å². The first-order valence-electron chi connectivity index (χ1n) is 8.15. The van der Waals surface area contributed by atoms with Gasteiger partial charge in [0.1, 0.15) is 28.7 Å². The molecule has 1 fully saturated rings. The molecule has 0 saturated carbocycles. The number of rotatable bonds is 3. The Kier molecular flexibility index (Phi) is 4.19. The number of nitrogens with zero attached hydrogens (tertiary/aromatic N) is 3. The number of halogens is 3. The number of hydrogen-bond donors (Lipinski definition) is 1. The maximum Gasteiger partial charge on any atom is 0.271 e. The molecular formula is C17H17F3N4O3. The summed E-state index contributed by atoms with van der Waals surface area (Å²) in [6, 6.07) is 4.80. The molecule has 2 heterocycles. The van der Waals surface area contributed by atoms with E-state index in [0.717, 1.165) is 18.2 Å². The molecule has 27 heavy (non-hydrogen) atoms. The molecule has 2 N–H and O–H groups in total. The number of nitro groups is 1. The van der Waals surface area contributed by atoms with Crippen LogP contribution in [0.25, 0.3) is 0 Å². The van der Waals surface area contributed by atoms with Crippen molar-refractivity contribution in [2.24, 2.45) is 22.1 Å². The van der Waals surface area contributed by atoms with Gasteiger partial charge in [-0.3, -0.25) is 15.1 Å². The van der Waals surface area contributed by atoms with Crippen LogP contribution in [0.3, 0.4) is 0 Å². The first-order chi connectivity index (χ1) is 12.4. The van der Waals surface area contributed by atoms with Crippen LogP contribution in [0.2, 0.25) is 0 Å². The molecule has 0 amide bonds. The Morgan fingerprint density at radius 3 is 2.74 bits per heavy atom. The molecule has 0 bridgehead atoms. The second-order valence-corrected chi connectivity index (χ2v) is 7.28. The van der Waals surface area contributed by atoms with Crippen molar-refractivity contribution >= 4 is 11.5 Å². The van der Waals surface area contributed by atoms with Crippen LogP contribution in [0, 0.1) is 38.6 Å². The molecule has 10 heteroatoms. The predicted molar refractivity (Wildman–Crippen MR) is 88.5 cm³/mol. The Hall–Kier alpha value is -2.67. The fourth-order valence-corrected chi connectivity index (χ4v) is 3.86. The van der Waals surface area contributed by atoms with Gasteiger partial charge in [-0.05, 0) is 19.4 Å². The number of ether oxygens (including phenoxy) is 1. The summed E-state index contributed by atoms with van der Waals surface area (Å²) in [4.78, 5) is 14.6. The average molecular weight is 382 g/mol. The van der Waals surface area contributed by atoms with Crippen molar-refractivity contribution in [2.75, 3.05) is 6.61 Å². The average Bonchev–Trinajstić information content (AvgIpc) is 2.94. The van der Waals surface area contributed by atoms with Gasteiger partial charge in [0, 0.05) is 30.5 Å². The lowest BCUT2D eigenvalue weighted by Crippen LogP contribution is -2.52. The molecule has 2 aliphatic rings. The Morgan fingerprint density at radius 1 is 1.52 bits per heavy atom. The number of benzene rings is 1. The molecule has 1 aromatic rings. The molecule has 0 aromatic heterocycles. The van der Waals surface area contributed by atoms with Gasteiger partial charge in [0.05, 0.1) is 17.6 Å². The highest BCUT2D eigenvalue weighted by Crippen LogP contribution is 2.55. The van der Waals surface area contributed by atoms with E-state index in [9.17, 15) is 28.5 Å². The molecule has 2 aliphatic heterocycles. The fraction of sp³-hybridized carbons (Fsp3) is 0.529. The third-order valence-electron chi connectivity index (χ3n) is 5.35. The molecule has 1 saturated heterocycles. The zero-order valence-corrected chi connectivity index (χ0v) is 14.6. The van der Waals surface area contributed by atoms with Crippen LogP contribution in [0.1, 0.15) is 25.8 Å². The molecular weight excluding hydrogens is 365 g/mol. The number of hydrogen-bond acceptors (Lipinski definition) is 6. The molecule has 0 aliphatic carbocycles. The van der Waals surface area contributed by atoms with Crippen LogP contribution in [0.15, 0.2) is 23.2 Å². The third-order valence-corrected chi connectivity index (χ3v) is 5.35. The van der Waals surface area contributed by atoms with Crippen molar-refractivity contribution in [3.8, 4) is 6.07 Å². The number of nitrogens with two attached hydrogens (primary N) is 1. The van der Waals surface area contributed by atoms with Gasteiger partial charge in [-0.15, -0.1) is 0 Å². The van der Waals surface area contributed by atoms with Crippen molar-refractivity contribution < 1.29 is 22.8 Å². The first-order valence-corrected chi connectivity index (χ1v) is 8.15. The number of non-ortho nitro benzene ring substituents is 1. The lowest BCUT2D eigenvalue weighted by atomic mass is 9.66. The number of nitriles is 1. The predicted octanol–water partition coefficient (Wildman–Crippen LogP) is 2.89. The van der Waals surface area contributed by atoms with Gasteiger partial charge in [-0.2, -0.15) is 5.26 Å². The van der Waals surface area contributed by atoms with Gasteiger partial charge in [0.15, 0.2) is 0 Å². The van der Waals surface area contributed by atoms with E-state index in [1.165, 1.54) is 6.92 Å². The van der Waals surface area contributed by atoms with E-state index >= 15 is 0 Å². The Morgan fingerprint density at radius 2 is 2.19 bits per heavy atom. The standard InChI is InChI=1S/C17H17F3N4O3/c1-15(7-21)6-11-13(16(2,19)20)27-8-17(11,23-14(15)22)10-5-9(24(25)26)3-4-12(10)18/h3-5,11,13H,6,8H2,1-2H3,(H2,22,23)/t11-,13+,15?,17-/m1/s1. The highest BCUT2D eigenvalue weighted by Gasteiger charge is 2.62. The Bertz CT molecular complexity index is 879. The van der Waals surface area contributed by atoms with E-state index in [-0.39, 0.29) is 17.8 Å². The third kappa shape index (κ3) is 2.82. The Balaban J connectivity index is 2.26. The normalized spacial score (nSPS) is 33.1. The van der Waals surface area contributed by atoms with Crippen LogP contribution < -0.4 is 5.73 Å². The molecule has 0 radical (unpaired) electrons. The smallest absolute Gasteiger partial charge is 0.271 e. The fourth-order valence-electron chi connectivity index (χ4n) is 3.86. The number of aliphatic imine (C=N–C) groups is 1. The lowest BCUT2D eigenvalue weighted by Gasteiger charge is -2.42. The SMILES string of the molecule is CC1(C#N)C[C@@H]2[C@@H](C(C)(F)F)OC[C@]2(c2cc([N+](=O)[O-])ccc2F)N=C1N. The minimum atomic E-state index is -3.29. The molecule has 1 aromatic carbocycles. The zero-order chi connectivity index (χ0) is 20.2. The van der Waals surface area contributed by atoms with Gasteiger partial charge < -0.3 is 10.5 Å². The first kappa shape index (κ1) is 19.1. The van der Waals surface area contributed by atoms with E-state index in [1.807, 2.05) is 6.07 Å². The number of nitro benzene ring substituents is 1. The summed E-state index contributed by atoms with van der Waals surface area (Å²) < 4.78 is 48.3. The minimum absolute atomic E-state index is 0.143. The van der Waals surface area contributed by atoms with Crippen LogP contribution in [-0.4, -0.2) is 29.4 Å². The summed E-state index contributed by atoms with van der Waals surface area (Å²) in [6.45, 7) is 1.71. The monoisotopic (exact) mass is 382 g/mol. The quantitative estimate of drug-likeness (QED) is 0.638. The molecule has 144 valence electrons. The summed E-state index contributed by atoms with van der Waals surface area (Å²) >= 11 is 0. The van der Waals surface area contributed by atoms with Crippen LogP contribution in [0.4, 0.5) is 18.9 Å². The molecule has 0 spiro atoms. The second kappa shape index (κ2) is 5.92. The van der Waals surface area contributed by atoms with Gasteiger partial charge in [-0.1, -0.05) is 0 Å². The van der Waals surface area contributed by atoms with Crippen molar-refractivity contribution in [3.05, 3.63) is 39.7 Å². The number of amidine groups is 1. The minimum Gasteiger partial charge on any atom is -0.386 e. The summed E-state index contributed by atoms with van der Waals surface area (Å²) in [7, 11) is 0. The highest BCUT2D eigenvalue weighted by atomic mass is 19.3. The van der Waals surface area contributed by atoms with Gasteiger partial charge in [-0.25, -0.2) is 13.2 Å². The largest absolute Gasteiger partial charge is 0.386 e. The zero-order valence-electron chi connectivity index (χ0n) is 14.6. The van der Waals surface area contributed by atoms with E-state index < -0.39 is 51.9 Å². The Labute approximate surface area is 152 Å². The molecule has 4 atom stereocenters. The van der Waals surface area contributed by atoms with Gasteiger partial charge in [0.2, 0.25) is 0 Å². The molecule has 1 unspecified atom stereocenters. The van der Waals surface area contributed by atoms with Crippen LogP contribution in [0.5, 0.6) is 0 Å². The molecule has 7 nitrogen and oxygen atoms in total. The second-order valence-electron chi connectivity index (χ2n) is 7.28. The van der Waals surface area contributed by atoms with Crippen molar-refractivity contribution in [2.45, 2.75) is 37.8 Å². The maximum absolute atomic E-state index is 14.6. The van der Waals surface area contributed by atoms with E-state index in [1.54, 1.807) is 0 Å². The summed E-state index contributed by atoms with van der Waals surface area (Å²) in [6.07, 6.45) is -1.78. The van der Waals surface area contributed by atoms with Crippen molar-refractivity contribution in [1.82, 2.24) is 0 Å². The van der Waals surface area contributed by atoms with Gasteiger partial charge in [0.25, 0.3) is 11.6 Å². The van der Waals surface area contributed by atoms with E-state index in [2.05, 4.69) is 4.99 Å². The van der Waals surface area contributed by atoms with E-state index in [0.29, 0.717) is 6.92 Å². The summed E-state index contributed by atoms with van der Waals surface area (Å²) in [5.74, 6) is -5.37. The topological polar surface area (TPSA) is 115 Å². The lowest BCUT2D eigenvalue weighted by molar-refractivity contribution is -0.385. The maximum atomic E-state index is 14.6. The van der Waals surface area contributed by atoms with Crippen LogP contribution in [-0.2, 0) is 10.3 Å². The highest BCUT2D eigenvalue weighted by molar-refractivity contribution is 5.90. The molecule has 3 rings (SSSR count). The van der Waals surface area contributed by atoms with E-state index in [4.69, 9.17) is 10.5 Å². The van der Waals surface area contributed by atoms with Crippen molar-refractivity contribution in [1.29, 1.82) is 5.26 Å². The number of fused-ring (bicyclic) bond motifs is 1. The summed E-state index contributed by atoms with van der Waals surface area (Å²) in [5, 5.41) is 20.6. The number of alkyl halides is 2. The summed E-state index contributed by atoms with van der Waals surface area (Å²) in [5.41, 5.74) is 2.29.